The summed E-state index contributed by atoms with van der Waals surface area (Å²) < 4.78 is 2.08. The van der Waals surface area contributed by atoms with Crippen molar-refractivity contribution >= 4 is 17.1 Å². The fraction of sp³-hybridized carbons (Fsp3) is 0.538. The SMILES string of the molecule is CCC1(Cn2c(N)nc3c(C)ccnc32)CC1. The molecule has 90 valence electrons. The number of anilines is 1. The molecule has 1 aliphatic rings. The summed E-state index contributed by atoms with van der Waals surface area (Å²) in [6, 6.07) is 1.98. The molecule has 2 heterocycles. The van der Waals surface area contributed by atoms with Crippen LogP contribution in [0.2, 0.25) is 0 Å². The van der Waals surface area contributed by atoms with Gasteiger partial charge < -0.3 is 5.73 Å². The lowest BCUT2D eigenvalue weighted by Crippen LogP contribution is -2.13. The minimum Gasteiger partial charge on any atom is -0.369 e. The fourth-order valence-electron chi connectivity index (χ4n) is 2.45. The molecule has 0 bridgehead atoms. The molecule has 0 spiro atoms. The van der Waals surface area contributed by atoms with Crippen molar-refractivity contribution in [3.8, 4) is 0 Å². The molecule has 3 rings (SSSR count). The Hall–Kier alpha value is -1.58. The molecular formula is C13H18N4. The van der Waals surface area contributed by atoms with E-state index in [1.807, 2.05) is 19.2 Å². The van der Waals surface area contributed by atoms with E-state index in [0.29, 0.717) is 11.4 Å². The minimum absolute atomic E-state index is 0.452. The predicted octanol–water partition coefficient (Wildman–Crippen LogP) is 2.51. The van der Waals surface area contributed by atoms with Gasteiger partial charge in [-0.25, -0.2) is 9.97 Å². The molecule has 0 atom stereocenters. The van der Waals surface area contributed by atoms with Crippen molar-refractivity contribution in [3.63, 3.8) is 0 Å². The first-order valence-electron chi connectivity index (χ1n) is 6.22. The maximum atomic E-state index is 6.02. The van der Waals surface area contributed by atoms with Crippen LogP contribution in [0, 0.1) is 12.3 Å². The lowest BCUT2D eigenvalue weighted by Gasteiger charge is -2.14. The maximum absolute atomic E-state index is 6.02. The summed E-state index contributed by atoms with van der Waals surface area (Å²) in [5.41, 5.74) is 9.49. The van der Waals surface area contributed by atoms with Crippen LogP contribution in [0.15, 0.2) is 12.3 Å². The molecule has 1 fully saturated rings. The molecule has 0 amide bonds. The van der Waals surface area contributed by atoms with E-state index in [-0.39, 0.29) is 0 Å². The average molecular weight is 230 g/mol. The number of nitrogens with zero attached hydrogens (tertiary/aromatic N) is 3. The first-order chi connectivity index (χ1) is 8.15. The number of nitrogens with two attached hydrogens (primary N) is 1. The Morgan fingerprint density at radius 3 is 2.88 bits per heavy atom. The lowest BCUT2D eigenvalue weighted by molar-refractivity contribution is 0.417. The summed E-state index contributed by atoms with van der Waals surface area (Å²) in [7, 11) is 0. The normalized spacial score (nSPS) is 17.5. The second kappa shape index (κ2) is 3.45. The van der Waals surface area contributed by atoms with Crippen LogP contribution in [-0.4, -0.2) is 14.5 Å². The molecule has 0 aliphatic heterocycles. The van der Waals surface area contributed by atoms with E-state index in [9.17, 15) is 0 Å². The molecule has 2 N–H and O–H groups in total. The molecule has 4 heteroatoms. The second-order valence-corrected chi connectivity index (χ2v) is 5.21. The fourth-order valence-corrected chi connectivity index (χ4v) is 2.45. The third kappa shape index (κ3) is 1.59. The van der Waals surface area contributed by atoms with Crippen LogP contribution in [0.25, 0.3) is 11.2 Å². The number of nitrogen functional groups attached to an aromatic ring is 1. The van der Waals surface area contributed by atoms with Crippen molar-refractivity contribution in [2.75, 3.05) is 5.73 Å². The summed E-state index contributed by atoms with van der Waals surface area (Å²) in [6.45, 7) is 5.26. The van der Waals surface area contributed by atoms with E-state index in [1.165, 1.54) is 19.3 Å². The Kier molecular flexibility index (Phi) is 2.15. The standard InChI is InChI=1S/C13H18N4/c1-3-13(5-6-13)8-17-11-10(16-12(17)14)9(2)4-7-15-11/h4,7H,3,5-6,8H2,1-2H3,(H2,14,16). The van der Waals surface area contributed by atoms with E-state index >= 15 is 0 Å². The van der Waals surface area contributed by atoms with Crippen LogP contribution in [0.5, 0.6) is 0 Å². The van der Waals surface area contributed by atoms with Gasteiger partial charge >= 0.3 is 0 Å². The number of fused-ring (bicyclic) bond motifs is 1. The first kappa shape index (κ1) is 10.6. The zero-order chi connectivity index (χ0) is 12.0. The smallest absolute Gasteiger partial charge is 0.202 e. The first-order valence-corrected chi connectivity index (χ1v) is 6.22. The number of rotatable bonds is 3. The number of aromatic nitrogens is 3. The van der Waals surface area contributed by atoms with Gasteiger partial charge in [0.25, 0.3) is 0 Å². The summed E-state index contributed by atoms with van der Waals surface area (Å²) in [5, 5.41) is 0. The molecule has 2 aromatic rings. The molecule has 1 saturated carbocycles. The highest BCUT2D eigenvalue weighted by Crippen LogP contribution is 2.50. The van der Waals surface area contributed by atoms with Crippen molar-refractivity contribution in [3.05, 3.63) is 17.8 Å². The predicted molar refractivity (Wildman–Crippen MR) is 68.6 cm³/mol. The average Bonchev–Trinajstić information content (AvgIpc) is 3.02. The van der Waals surface area contributed by atoms with E-state index in [4.69, 9.17) is 5.73 Å². The molecular weight excluding hydrogens is 212 g/mol. The third-order valence-electron chi connectivity index (χ3n) is 4.07. The van der Waals surface area contributed by atoms with Gasteiger partial charge in [-0.05, 0) is 43.2 Å². The Bertz CT molecular complexity index is 566. The van der Waals surface area contributed by atoms with Crippen LogP contribution < -0.4 is 5.73 Å². The zero-order valence-corrected chi connectivity index (χ0v) is 10.4. The van der Waals surface area contributed by atoms with Crippen LogP contribution in [-0.2, 0) is 6.54 Å². The molecule has 17 heavy (non-hydrogen) atoms. The highest BCUT2D eigenvalue weighted by Gasteiger charge is 2.41. The Morgan fingerprint density at radius 1 is 1.47 bits per heavy atom. The van der Waals surface area contributed by atoms with Gasteiger partial charge in [0.05, 0.1) is 0 Å². The minimum atomic E-state index is 0.452. The van der Waals surface area contributed by atoms with Crippen molar-refractivity contribution in [2.24, 2.45) is 5.41 Å². The van der Waals surface area contributed by atoms with Crippen LogP contribution in [0.4, 0.5) is 5.95 Å². The van der Waals surface area contributed by atoms with E-state index in [1.54, 1.807) is 0 Å². The topological polar surface area (TPSA) is 56.7 Å². The lowest BCUT2D eigenvalue weighted by atomic mass is 10.0. The van der Waals surface area contributed by atoms with Gasteiger partial charge in [0.15, 0.2) is 5.65 Å². The van der Waals surface area contributed by atoms with Gasteiger partial charge in [-0.1, -0.05) is 6.92 Å². The quantitative estimate of drug-likeness (QED) is 0.881. The Morgan fingerprint density at radius 2 is 2.24 bits per heavy atom. The summed E-state index contributed by atoms with van der Waals surface area (Å²) in [6.07, 6.45) is 5.64. The molecule has 0 saturated heterocycles. The number of imidazole rings is 1. The number of aryl methyl sites for hydroxylation is 1. The number of hydrogen-bond donors (Lipinski definition) is 1. The Labute approximate surface area is 101 Å². The highest BCUT2D eigenvalue weighted by molar-refractivity contribution is 5.77. The van der Waals surface area contributed by atoms with Crippen molar-refractivity contribution in [1.29, 1.82) is 0 Å². The third-order valence-corrected chi connectivity index (χ3v) is 4.07. The van der Waals surface area contributed by atoms with Gasteiger partial charge in [0.2, 0.25) is 5.95 Å². The summed E-state index contributed by atoms with van der Waals surface area (Å²) in [4.78, 5) is 8.87. The summed E-state index contributed by atoms with van der Waals surface area (Å²) in [5.74, 6) is 0.599. The molecule has 0 unspecified atom stereocenters. The van der Waals surface area contributed by atoms with E-state index in [0.717, 1.165) is 23.3 Å². The van der Waals surface area contributed by atoms with Crippen molar-refractivity contribution in [2.45, 2.75) is 39.7 Å². The van der Waals surface area contributed by atoms with Crippen molar-refractivity contribution in [1.82, 2.24) is 14.5 Å². The van der Waals surface area contributed by atoms with Gasteiger partial charge in [0.1, 0.15) is 5.52 Å². The number of hydrogen-bond acceptors (Lipinski definition) is 3. The molecule has 2 aromatic heterocycles. The summed E-state index contributed by atoms with van der Waals surface area (Å²) >= 11 is 0. The molecule has 0 radical (unpaired) electrons. The second-order valence-electron chi connectivity index (χ2n) is 5.21. The number of pyridine rings is 1. The van der Waals surface area contributed by atoms with Crippen LogP contribution in [0.3, 0.4) is 0 Å². The van der Waals surface area contributed by atoms with E-state index < -0.39 is 0 Å². The Balaban J connectivity index is 2.09. The molecule has 1 aliphatic carbocycles. The van der Waals surface area contributed by atoms with Crippen LogP contribution in [0.1, 0.15) is 31.7 Å². The zero-order valence-electron chi connectivity index (χ0n) is 10.4. The maximum Gasteiger partial charge on any atom is 0.202 e. The van der Waals surface area contributed by atoms with Gasteiger partial charge in [-0.2, -0.15) is 0 Å². The van der Waals surface area contributed by atoms with Gasteiger partial charge in [-0.3, -0.25) is 4.57 Å². The van der Waals surface area contributed by atoms with Crippen LogP contribution >= 0.6 is 0 Å². The monoisotopic (exact) mass is 230 g/mol. The molecule has 4 nitrogen and oxygen atoms in total. The largest absolute Gasteiger partial charge is 0.369 e. The molecule has 0 aromatic carbocycles. The van der Waals surface area contributed by atoms with Crippen molar-refractivity contribution < 1.29 is 0 Å². The van der Waals surface area contributed by atoms with E-state index in [2.05, 4.69) is 21.5 Å². The van der Waals surface area contributed by atoms with Gasteiger partial charge in [0, 0.05) is 12.7 Å². The van der Waals surface area contributed by atoms with Gasteiger partial charge in [-0.15, -0.1) is 0 Å². The highest BCUT2D eigenvalue weighted by atomic mass is 15.2.